The van der Waals surface area contributed by atoms with Gasteiger partial charge >= 0.3 is 5.97 Å². The van der Waals surface area contributed by atoms with E-state index in [9.17, 15) is 27.8 Å². The van der Waals surface area contributed by atoms with Crippen molar-refractivity contribution in [3.8, 4) is 11.3 Å². The number of halogens is 1. The average molecular weight is 481 g/mol. The van der Waals surface area contributed by atoms with E-state index in [2.05, 4.69) is 9.97 Å². The molecule has 1 aromatic carbocycles. The van der Waals surface area contributed by atoms with Gasteiger partial charge in [-0.1, -0.05) is 26.0 Å². The standard InChI is InChI=1S/C23H29FN2O6S/c1-13(2)21-19(10-9-17(27)11-18(28)12-20(29)30)22(15-5-7-16(24)8-6-15)26-23(25-21)14(3)33(4,31)32/h5-10,13-14,17-18,27-28H,11-12H2,1-4H3,(H,29,30)/t14?,17-,18-/m1/s1. The molecule has 2 aromatic rings. The van der Waals surface area contributed by atoms with Gasteiger partial charge in [0.15, 0.2) is 9.84 Å². The van der Waals surface area contributed by atoms with Crippen molar-refractivity contribution >= 4 is 21.9 Å². The fourth-order valence-electron chi connectivity index (χ4n) is 3.16. The lowest BCUT2D eigenvalue weighted by Gasteiger charge is -2.18. The first-order valence-corrected chi connectivity index (χ1v) is 12.4. The van der Waals surface area contributed by atoms with E-state index in [0.717, 1.165) is 6.26 Å². The summed E-state index contributed by atoms with van der Waals surface area (Å²) in [7, 11) is -3.48. The second-order valence-corrected chi connectivity index (χ2v) is 10.6. The molecule has 180 valence electrons. The van der Waals surface area contributed by atoms with Crippen molar-refractivity contribution in [3.63, 3.8) is 0 Å². The van der Waals surface area contributed by atoms with Crippen LogP contribution >= 0.6 is 0 Å². The van der Waals surface area contributed by atoms with Crippen LogP contribution in [0.1, 0.15) is 61.9 Å². The first-order chi connectivity index (χ1) is 15.3. The Bertz CT molecular complexity index is 1120. The molecule has 0 saturated heterocycles. The molecule has 1 heterocycles. The molecule has 0 radical (unpaired) electrons. The highest BCUT2D eigenvalue weighted by Crippen LogP contribution is 2.32. The predicted octanol–water partition coefficient (Wildman–Crippen LogP) is 3.11. The minimum absolute atomic E-state index is 0.107. The molecule has 0 aliphatic heterocycles. The van der Waals surface area contributed by atoms with Crippen LogP contribution in [0.2, 0.25) is 0 Å². The van der Waals surface area contributed by atoms with E-state index in [1.54, 1.807) is 6.08 Å². The molecule has 0 aliphatic carbocycles. The molecular formula is C23H29FN2O6S. The first kappa shape index (κ1) is 26.6. The number of aliphatic hydroxyl groups is 2. The van der Waals surface area contributed by atoms with Crippen LogP contribution in [0.5, 0.6) is 0 Å². The van der Waals surface area contributed by atoms with Crippen LogP contribution < -0.4 is 0 Å². The van der Waals surface area contributed by atoms with Gasteiger partial charge in [-0.15, -0.1) is 0 Å². The Kier molecular flexibility index (Phi) is 8.82. The van der Waals surface area contributed by atoms with E-state index in [0.29, 0.717) is 22.5 Å². The second-order valence-electron chi connectivity index (χ2n) is 8.28. The lowest BCUT2D eigenvalue weighted by Crippen LogP contribution is -2.19. The zero-order valence-electron chi connectivity index (χ0n) is 18.9. The molecule has 2 rings (SSSR count). The van der Waals surface area contributed by atoms with Crippen LogP contribution in [0.25, 0.3) is 17.3 Å². The van der Waals surface area contributed by atoms with Gasteiger partial charge in [-0.25, -0.2) is 22.8 Å². The zero-order valence-corrected chi connectivity index (χ0v) is 19.8. The van der Waals surface area contributed by atoms with E-state index in [-0.39, 0.29) is 18.2 Å². The minimum Gasteiger partial charge on any atom is -0.481 e. The van der Waals surface area contributed by atoms with E-state index in [4.69, 9.17) is 5.11 Å². The number of sulfone groups is 1. The Hall–Kier alpha value is -2.69. The van der Waals surface area contributed by atoms with Crippen molar-refractivity contribution in [3.05, 3.63) is 53.2 Å². The number of aliphatic carboxylic acids is 1. The van der Waals surface area contributed by atoms with Crippen molar-refractivity contribution in [1.82, 2.24) is 9.97 Å². The number of carboxylic acids is 1. The van der Waals surface area contributed by atoms with Crippen molar-refractivity contribution in [2.45, 2.75) is 57.0 Å². The average Bonchev–Trinajstić information content (AvgIpc) is 2.70. The molecule has 8 nitrogen and oxygen atoms in total. The Labute approximate surface area is 192 Å². The summed E-state index contributed by atoms with van der Waals surface area (Å²) in [5, 5.41) is 27.8. The number of carbonyl (C=O) groups is 1. The molecule has 1 unspecified atom stereocenters. The highest BCUT2D eigenvalue weighted by Gasteiger charge is 2.25. The maximum atomic E-state index is 13.5. The Morgan fingerprint density at radius 2 is 1.73 bits per heavy atom. The third kappa shape index (κ3) is 7.41. The maximum absolute atomic E-state index is 13.5. The van der Waals surface area contributed by atoms with E-state index >= 15 is 0 Å². The minimum atomic E-state index is -3.48. The topological polar surface area (TPSA) is 138 Å². The molecule has 0 spiro atoms. The molecule has 1 aromatic heterocycles. The van der Waals surface area contributed by atoms with Crippen LogP contribution in [0.4, 0.5) is 4.39 Å². The van der Waals surface area contributed by atoms with Gasteiger partial charge in [-0.2, -0.15) is 0 Å². The van der Waals surface area contributed by atoms with Gasteiger partial charge in [0.2, 0.25) is 0 Å². The molecule has 0 amide bonds. The predicted molar refractivity (Wildman–Crippen MR) is 123 cm³/mol. The summed E-state index contributed by atoms with van der Waals surface area (Å²) in [5.74, 6) is -1.66. The lowest BCUT2D eigenvalue weighted by molar-refractivity contribution is -0.139. The number of carboxylic acid groups (broad SMARTS) is 1. The largest absolute Gasteiger partial charge is 0.481 e. The summed E-state index contributed by atoms with van der Waals surface area (Å²) in [6.07, 6.45) is 0.997. The number of hydrogen-bond donors (Lipinski definition) is 3. The number of benzene rings is 1. The van der Waals surface area contributed by atoms with Crippen LogP contribution in [0.15, 0.2) is 30.3 Å². The summed E-state index contributed by atoms with van der Waals surface area (Å²) < 4.78 is 37.8. The Morgan fingerprint density at radius 3 is 2.24 bits per heavy atom. The third-order valence-corrected chi connectivity index (χ3v) is 6.57. The van der Waals surface area contributed by atoms with Gasteiger partial charge in [-0.05, 0) is 37.1 Å². The normalized spacial score (nSPS) is 15.0. The van der Waals surface area contributed by atoms with Gasteiger partial charge in [-0.3, -0.25) is 4.79 Å². The van der Waals surface area contributed by atoms with E-state index in [1.807, 2.05) is 13.8 Å². The van der Waals surface area contributed by atoms with Gasteiger partial charge in [0.05, 0.1) is 30.0 Å². The molecule has 3 N–H and O–H groups in total. The van der Waals surface area contributed by atoms with Crippen LogP contribution in [-0.2, 0) is 14.6 Å². The summed E-state index contributed by atoms with van der Waals surface area (Å²) in [5.41, 5.74) is 1.94. The van der Waals surface area contributed by atoms with Gasteiger partial charge in [0, 0.05) is 23.8 Å². The maximum Gasteiger partial charge on any atom is 0.305 e. The number of nitrogens with zero attached hydrogens (tertiary/aromatic N) is 2. The van der Waals surface area contributed by atoms with Gasteiger partial charge in [0.1, 0.15) is 16.9 Å². The number of aromatic nitrogens is 2. The smallest absolute Gasteiger partial charge is 0.305 e. The van der Waals surface area contributed by atoms with E-state index in [1.165, 1.54) is 37.3 Å². The van der Waals surface area contributed by atoms with Gasteiger partial charge in [0.25, 0.3) is 0 Å². The summed E-state index contributed by atoms with van der Waals surface area (Å²) in [6, 6.07) is 5.55. The van der Waals surface area contributed by atoms with Crippen molar-refractivity contribution in [2.75, 3.05) is 6.26 Å². The fourth-order valence-corrected chi connectivity index (χ4v) is 3.65. The SMILES string of the molecule is CC(C)c1nc(C(C)S(C)(=O)=O)nc(-c2ccc(F)cc2)c1C=C[C@@H](O)C[C@@H](O)CC(=O)O. The Balaban J connectivity index is 2.61. The summed E-state index contributed by atoms with van der Waals surface area (Å²) >= 11 is 0. The molecule has 0 saturated carbocycles. The molecule has 10 heteroatoms. The quantitative estimate of drug-likeness (QED) is 0.472. The highest BCUT2D eigenvalue weighted by atomic mass is 32.2. The highest BCUT2D eigenvalue weighted by molar-refractivity contribution is 7.90. The number of aliphatic hydroxyl groups excluding tert-OH is 2. The fraction of sp³-hybridized carbons (Fsp3) is 0.435. The van der Waals surface area contributed by atoms with Gasteiger partial charge < -0.3 is 15.3 Å². The zero-order chi connectivity index (χ0) is 24.9. The summed E-state index contributed by atoms with van der Waals surface area (Å²) in [4.78, 5) is 19.7. The number of hydrogen-bond acceptors (Lipinski definition) is 7. The van der Waals surface area contributed by atoms with E-state index < -0.39 is 45.5 Å². The molecule has 0 fully saturated rings. The van der Waals surface area contributed by atoms with Crippen molar-refractivity contribution in [1.29, 1.82) is 0 Å². The molecule has 0 bridgehead atoms. The lowest BCUT2D eigenvalue weighted by atomic mass is 9.97. The molecule has 33 heavy (non-hydrogen) atoms. The first-order valence-electron chi connectivity index (χ1n) is 10.4. The van der Waals surface area contributed by atoms with Crippen LogP contribution in [-0.4, -0.2) is 58.1 Å². The monoisotopic (exact) mass is 480 g/mol. The van der Waals surface area contributed by atoms with Crippen molar-refractivity contribution in [2.24, 2.45) is 0 Å². The third-order valence-electron chi connectivity index (χ3n) is 5.07. The molecule has 0 aliphatic rings. The Morgan fingerprint density at radius 1 is 1.12 bits per heavy atom. The molecular weight excluding hydrogens is 451 g/mol. The van der Waals surface area contributed by atoms with Crippen molar-refractivity contribution < 1.29 is 32.9 Å². The van der Waals surface area contributed by atoms with Crippen LogP contribution in [0.3, 0.4) is 0 Å². The summed E-state index contributed by atoms with van der Waals surface area (Å²) in [6.45, 7) is 5.23. The molecule has 3 atom stereocenters. The number of rotatable bonds is 10. The van der Waals surface area contributed by atoms with Crippen LogP contribution in [0, 0.1) is 5.82 Å². The second kappa shape index (κ2) is 11.0.